The standard InChI is InChI=1S/C20H16Cl2N6O3S/c1-32(30,31)10-11-5-7-12(8-6-11)25-19-24-9-13-17(23)28(20(29)27-18(13)26-19)16-14(21)3-2-4-15(16)22/h2-9,23H,10H2,1H3,(H2,24,25,26,27,29). The molecule has 2 aromatic carbocycles. The Bertz CT molecular complexity index is 1540. The van der Waals surface area contributed by atoms with Crippen molar-refractivity contribution < 1.29 is 8.42 Å². The first kappa shape index (κ1) is 22.0. The molecule has 0 radical (unpaired) electrons. The molecule has 9 nitrogen and oxygen atoms in total. The van der Waals surface area contributed by atoms with Gasteiger partial charge >= 0.3 is 5.69 Å². The predicted octanol–water partition coefficient (Wildman–Crippen LogP) is 3.18. The summed E-state index contributed by atoms with van der Waals surface area (Å²) in [6.45, 7) is 0. The van der Waals surface area contributed by atoms with Crippen molar-refractivity contribution in [3.05, 3.63) is 80.2 Å². The van der Waals surface area contributed by atoms with E-state index in [0.717, 1.165) is 4.57 Å². The number of halogens is 2. The number of aromatic amines is 1. The van der Waals surface area contributed by atoms with Crippen LogP contribution >= 0.6 is 23.2 Å². The van der Waals surface area contributed by atoms with Crippen LogP contribution in [-0.2, 0) is 15.6 Å². The second-order valence-electron chi connectivity index (χ2n) is 7.03. The summed E-state index contributed by atoms with van der Waals surface area (Å²) < 4.78 is 23.9. The smallest absolute Gasteiger partial charge is 0.324 e. The number of sulfone groups is 1. The molecule has 0 atom stereocenters. The monoisotopic (exact) mass is 490 g/mol. The Morgan fingerprint density at radius 3 is 2.41 bits per heavy atom. The van der Waals surface area contributed by atoms with Gasteiger partial charge in [0.2, 0.25) is 5.95 Å². The average molecular weight is 491 g/mol. The Morgan fingerprint density at radius 2 is 1.78 bits per heavy atom. The highest BCUT2D eigenvalue weighted by Gasteiger charge is 2.15. The van der Waals surface area contributed by atoms with Crippen LogP contribution in [0.15, 0.2) is 53.5 Å². The highest BCUT2D eigenvalue weighted by Crippen LogP contribution is 2.26. The van der Waals surface area contributed by atoms with E-state index in [0.29, 0.717) is 11.3 Å². The highest BCUT2D eigenvalue weighted by molar-refractivity contribution is 7.89. The Hall–Kier alpha value is -3.21. The van der Waals surface area contributed by atoms with Crippen LogP contribution in [0.3, 0.4) is 0 Å². The number of rotatable bonds is 5. The summed E-state index contributed by atoms with van der Waals surface area (Å²) in [5.74, 6) is 0.139. The van der Waals surface area contributed by atoms with Crippen molar-refractivity contribution in [2.24, 2.45) is 0 Å². The van der Waals surface area contributed by atoms with E-state index >= 15 is 0 Å². The number of H-pyrrole nitrogens is 1. The molecule has 3 N–H and O–H groups in total. The quantitative estimate of drug-likeness (QED) is 0.393. The molecule has 0 bridgehead atoms. The minimum Gasteiger partial charge on any atom is -0.324 e. The first-order valence-electron chi connectivity index (χ1n) is 9.17. The number of nitrogens with one attached hydrogen (secondary N) is 3. The van der Waals surface area contributed by atoms with E-state index in [-0.39, 0.29) is 44.0 Å². The predicted molar refractivity (Wildman–Crippen MR) is 124 cm³/mol. The molecule has 0 spiro atoms. The number of benzene rings is 2. The van der Waals surface area contributed by atoms with Crippen LogP contribution < -0.4 is 16.5 Å². The summed E-state index contributed by atoms with van der Waals surface area (Å²) in [5.41, 5.74) is 0.834. The van der Waals surface area contributed by atoms with Gasteiger partial charge in [-0.05, 0) is 29.8 Å². The minimum atomic E-state index is -3.13. The molecule has 4 aromatic rings. The number of fused-ring (bicyclic) bond motifs is 1. The fraction of sp³-hybridized carbons (Fsp3) is 0.100. The first-order valence-corrected chi connectivity index (χ1v) is 12.0. The molecular formula is C20H16Cl2N6O3S. The zero-order chi connectivity index (χ0) is 23.0. The molecule has 32 heavy (non-hydrogen) atoms. The number of hydrogen-bond donors (Lipinski definition) is 3. The van der Waals surface area contributed by atoms with Crippen LogP contribution in [0.25, 0.3) is 16.7 Å². The zero-order valence-electron chi connectivity index (χ0n) is 16.6. The molecule has 0 saturated heterocycles. The van der Waals surface area contributed by atoms with E-state index in [4.69, 9.17) is 28.6 Å². The number of nitrogens with zero attached hydrogens (tertiary/aromatic N) is 3. The van der Waals surface area contributed by atoms with Crippen molar-refractivity contribution in [3.63, 3.8) is 0 Å². The topological polar surface area (TPSA) is 134 Å². The van der Waals surface area contributed by atoms with E-state index < -0.39 is 15.5 Å². The van der Waals surface area contributed by atoms with Gasteiger partial charge < -0.3 is 5.32 Å². The van der Waals surface area contributed by atoms with Crippen LogP contribution in [0.2, 0.25) is 10.0 Å². The lowest BCUT2D eigenvalue weighted by Gasteiger charge is -2.12. The maximum Gasteiger partial charge on any atom is 0.333 e. The second-order valence-corrected chi connectivity index (χ2v) is 9.99. The van der Waals surface area contributed by atoms with E-state index in [1.54, 1.807) is 42.5 Å². The first-order chi connectivity index (χ1) is 15.1. The van der Waals surface area contributed by atoms with Crippen molar-refractivity contribution >= 4 is 55.7 Å². The van der Waals surface area contributed by atoms with Gasteiger partial charge in [-0.15, -0.1) is 0 Å². The second kappa shape index (κ2) is 8.38. The molecule has 0 aliphatic carbocycles. The van der Waals surface area contributed by atoms with Crippen molar-refractivity contribution in [1.29, 1.82) is 5.41 Å². The lowest BCUT2D eigenvalue weighted by Crippen LogP contribution is -2.34. The Kier molecular flexibility index (Phi) is 5.76. The fourth-order valence-corrected chi connectivity index (χ4v) is 4.49. The largest absolute Gasteiger partial charge is 0.333 e. The Balaban J connectivity index is 1.70. The average Bonchev–Trinajstić information content (AvgIpc) is 2.70. The van der Waals surface area contributed by atoms with Crippen molar-refractivity contribution in [3.8, 4) is 5.69 Å². The van der Waals surface area contributed by atoms with Crippen LogP contribution in [0.4, 0.5) is 11.6 Å². The van der Waals surface area contributed by atoms with Crippen molar-refractivity contribution in [2.45, 2.75) is 5.75 Å². The minimum absolute atomic E-state index is 0.0529. The molecule has 164 valence electrons. The van der Waals surface area contributed by atoms with Gasteiger partial charge in [0.15, 0.2) is 15.5 Å². The molecule has 0 saturated carbocycles. The summed E-state index contributed by atoms with van der Waals surface area (Å²) in [5, 5.41) is 12.2. The fourth-order valence-electron chi connectivity index (χ4n) is 3.12. The lowest BCUT2D eigenvalue weighted by molar-refractivity contribution is 0.601. The van der Waals surface area contributed by atoms with E-state index in [2.05, 4.69) is 20.3 Å². The van der Waals surface area contributed by atoms with Crippen LogP contribution in [0.5, 0.6) is 0 Å². The van der Waals surface area contributed by atoms with Gasteiger partial charge in [-0.2, -0.15) is 4.98 Å². The van der Waals surface area contributed by atoms with Crippen LogP contribution in [-0.4, -0.2) is 34.2 Å². The molecule has 0 aliphatic rings. The zero-order valence-corrected chi connectivity index (χ0v) is 18.9. The number of hydrogen-bond acceptors (Lipinski definition) is 7. The van der Waals surface area contributed by atoms with Crippen molar-refractivity contribution in [1.82, 2.24) is 19.5 Å². The number of aromatic nitrogens is 4. The van der Waals surface area contributed by atoms with Gasteiger partial charge in [-0.3, -0.25) is 10.4 Å². The summed E-state index contributed by atoms with van der Waals surface area (Å²) in [6, 6.07) is 11.6. The third-order valence-electron chi connectivity index (χ3n) is 4.50. The molecule has 2 heterocycles. The summed E-state index contributed by atoms with van der Waals surface area (Å²) in [7, 11) is -3.13. The molecule has 12 heteroatoms. The molecule has 0 amide bonds. The van der Waals surface area contributed by atoms with E-state index in [1.165, 1.54) is 12.5 Å². The molecule has 4 rings (SSSR count). The van der Waals surface area contributed by atoms with E-state index in [9.17, 15) is 13.2 Å². The SMILES string of the molecule is CS(=O)(=O)Cc1ccc(Nc2ncc3c(=N)n(-c4c(Cl)cccc4Cl)c(=O)[nH]c3n2)cc1. The van der Waals surface area contributed by atoms with E-state index in [1.807, 2.05) is 0 Å². The van der Waals surface area contributed by atoms with Crippen molar-refractivity contribution in [2.75, 3.05) is 11.6 Å². The number of para-hydroxylation sites is 1. The molecule has 0 unspecified atom stereocenters. The third kappa shape index (κ3) is 4.52. The van der Waals surface area contributed by atoms with Crippen LogP contribution in [0, 0.1) is 5.41 Å². The summed E-state index contributed by atoms with van der Waals surface area (Å²) in [4.78, 5) is 23.8. The maximum absolute atomic E-state index is 12.7. The third-order valence-corrected chi connectivity index (χ3v) is 5.96. The highest BCUT2D eigenvalue weighted by atomic mass is 35.5. The maximum atomic E-state index is 12.7. The molecule has 2 aromatic heterocycles. The lowest BCUT2D eigenvalue weighted by atomic mass is 10.2. The Morgan fingerprint density at radius 1 is 1.12 bits per heavy atom. The van der Waals surface area contributed by atoms with Gasteiger partial charge in [0.1, 0.15) is 5.49 Å². The molecule has 0 aliphatic heterocycles. The normalized spacial score (nSPS) is 11.6. The Labute approximate surface area is 192 Å². The summed E-state index contributed by atoms with van der Waals surface area (Å²) >= 11 is 12.4. The molecule has 0 fully saturated rings. The van der Waals surface area contributed by atoms with Gasteiger partial charge in [0, 0.05) is 18.1 Å². The van der Waals surface area contributed by atoms with Crippen LogP contribution in [0.1, 0.15) is 5.56 Å². The van der Waals surface area contributed by atoms with Gasteiger partial charge in [-0.1, -0.05) is 41.4 Å². The molecular weight excluding hydrogens is 475 g/mol. The number of anilines is 2. The summed E-state index contributed by atoms with van der Waals surface area (Å²) in [6.07, 6.45) is 2.58. The van der Waals surface area contributed by atoms with Gasteiger partial charge in [-0.25, -0.2) is 22.8 Å². The van der Waals surface area contributed by atoms with Gasteiger partial charge in [0.25, 0.3) is 0 Å². The van der Waals surface area contributed by atoms with Gasteiger partial charge in [0.05, 0.1) is 26.9 Å².